The Morgan fingerprint density at radius 1 is 1.33 bits per heavy atom. The van der Waals surface area contributed by atoms with Gasteiger partial charge in [0, 0.05) is 18.7 Å². The second-order valence-corrected chi connectivity index (χ2v) is 6.91. The SMILES string of the molecule is NC(=O)c1cc[n+](CC(=O)N2CC[C@@H]3[C@H]2C(=O)N3S(=O)(=O)O)cc1. The molecule has 2 aliphatic heterocycles. The lowest BCUT2D eigenvalue weighted by molar-refractivity contribution is -0.685. The van der Waals surface area contributed by atoms with E-state index in [0.29, 0.717) is 9.87 Å². The van der Waals surface area contributed by atoms with E-state index < -0.39 is 34.2 Å². The Morgan fingerprint density at radius 2 is 1.96 bits per heavy atom. The van der Waals surface area contributed by atoms with E-state index in [1.54, 1.807) is 0 Å². The Labute approximate surface area is 137 Å². The van der Waals surface area contributed by atoms with Gasteiger partial charge in [-0.1, -0.05) is 0 Å². The number of aromatic nitrogens is 1. The molecule has 2 aliphatic rings. The second-order valence-electron chi connectivity index (χ2n) is 5.62. The van der Waals surface area contributed by atoms with Gasteiger partial charge in [-0.3, -0.25) is 18.9 Å². The third-order valence-electron chi connectivity index (χ3n) is 4.20. The molecule has 2 atom stereocenters. The van der Waals surface area contributed by atoms with E-state index in [2.05, 4.69) is 0 Å². The van der Waals surface area contributed by atoms with Crippen molar-refractivity contribution < 1.29 is 31.9 Å². The molecule has 11 heteroatoms. The van der Waals surface area contributed by atoms with Crippen molar-refractivity contribution >= 4 is 28.0 Å². The maximum Gasteiger partial charge on any atom is 0.362 e. The van der Waals surface area contributed by atoms with Gasteiger partial charge >= 0.3 is 10.3 Å². The highest BCUT2D eigenvalue weighted by Gasteiger charge is 2.60. The van der Waals surface area contributed by atoms with Crippen molar-refractivity contribution in [3.8, 4) is 0 Å². The van der Waals surface area contributed by atoms with Crippen molar-refractivity contribution in [2.75, 3.05) is 6.54 Å². The quantitative estimate of drug-likeness (QED) is 0.353. The number of hydrogen-bond donors (Lipinski definition) is 2. The van der Waals surface area contributed by atoms with Crippen LogP contribution in [-0.4, -0.2) is 58.5 Å². The maximum absolute atomic E-state index is 12.4. The van der Waals surface area contributed by atoms with Crippen molar-refractivity contribution in [1.82, 2.24) is 9.21 Å². The summed E-state index contributed by atoms with van der Waals surface area (Å²) in [6, 6.07) is 1.37. The Hall–Kier alpha value is -2.53. The highest BCUT2D eigenvalue weighted by atomic mass is 32.2. The number of pyridine rings is 1. The maximum atomic E-state index is 12.4. The summed E-state index contributed by atoms with van der Waals surface area (Å²) >= 11 is 0. The number of carbonyl (C=O) groups is 3. The van der Waals surface area contributed by atoms with Crippen LogP contribution < -0.4 is 10.3 Å². The zero-order valence-electron chi connectivity index (χ0n) is 12.4. The summed E-state index contributed by atoms with van der Waals surface area (Å²) in [6.07, 6.45) is 3.31. The van der Waals surface area contributed by atoms with Crippen LogP contribution in [0.15, 0.2) is 24.5 Å². The number of primary amides is 1. The molecule has 0 radical (unpaired) electrons. The first-order chi connectivity index (χ1) is 11.2. The van der Waals surface area contributed by atoms with Crippen LogP contribution >= 0.6 is 0 Å². The summed E-state index contributed by atoms with van der Waals surface area (Å²) in [7, 11) is -4.59. The third kappa shape index (κ3) is 2.61. The molecule has 1 aromatic heterocycles. The van der Waals surface area contributed by atoms with Crippen molar-refractivity contribution in [2.45, 2.75) is 25.0 Å². The van der Waals surface area contributed by atoms with Gasteiger partial charge < -0.3 is 10.6 Å². The highest BCUT2D eigenvalue weighted by molar-refractivity contribution is 7.84. The van der Waals surface area contributed by atoms with E-state index in [1.807, 2.05) is 0 Å². The van der Waals surface area contributed by atoms with Gasteiger partial charge in [-0.2, -0.15) is 13.0 Å². The average molecular weight is 355 g/mol. The van der Waals surface area contributed by atoms with Crippen LogP contribution in [0.5, 0.6) is 0 Å². The van der Waals surface area contributed by atoms with E-state index >= 15 is 0 Å². The van der Waals surface area contributed by atoms with Gasteiger partial charge in [-0.05, 0) is 6.42 Å². The largest absolute Gasteiger partial charge is 0.366 e. The number of amides is 3. The summed E-state index contributed by atoms with van der Waals surface area (Å²) in [5.41, 5.74) is 5.44. The van der Waals surface area contributed by atoms with Crippen molar-refractivity contribution in [3.63, 3.8) is 0 Å². The number of nitrogens with zero attached hydrogens (tertiary/aromatic N) is 3. The molecule has 0 aromatic carbocycles. The molecule has 0 spiro atoms. The number of rotatable bonds is 4. The normalized spacial score (nSPS) is 23.0. The van der Waals surface area contributed by atoms with E-state index in [9.17, 15) is 22.8 Å². The molecule has 3 rings (SSSR count). The Balaban J connectivity index is 1.69. The zero-order chi connectivity index (χ0) is 17.6. The van der Waals surface area contributed by atoms with E-state index in [4.69, 9.17) is 10.3 Å². The van der Waals surface area contributed by atoms with Crippen molar-refractivity contribution in [2.24, 2.45) is 5.73 Å². The summed E-state index contributed by atoms with van der Waals surface area (Å²) in [5.74, 6) is -1.74. The fourth-order valence-corrected chi connectivity index (χ4v) is 3.97. The lowest BCUT2D eigenvalue weighted by Gasteiger charge is -2.42. The van der Waals surface area contributed by atoms with Crippen molar-refractivity contribution in [3.05, 3.63) is 30.1 Å². The minimum Gasteiger partial charge on any atom is -0.366 e. The molecule has 3 N–H and O–H groups in total. The van der Waals surface area contributed by atoms with Crippen LogP contribution in [0.4, 0.5) is 0 Å². The molecule has 1 aromatic rings. The van der Waals surface area contributed by atoms with Crippen LogP contribution in [0.2, 0.25) is 0 Å². The van der Waals surface area contributed by atoms with Gasteiger partial charge in [0.15, 0.2) is 12.4 Å². The molecule has 0 aliphatic carbocycles. The summed E-state index contributed by atoms with van der Waals surface area (Å²) in [4.78, 5) is 36.6. The van der Waals surface area contributed by atoms with Crippen LogP contribution in [-0.2, 0) is 26.4 Å². The first kappa shape index (κ1) is 16.3. The van der Waals surface area contributed by atoms with Gasteiger partial charge in [0.25, 0.3) is 11.8 Å². The number of carbonyl (C=O) groups excluding carboxylic acids is 3. The predicted molar refractivity (Wildman–Crippen MR) is 77.5 cm³/mol. The van der Waals surface area contributed by atoms with Crippen LogP contribution in [0.1, 0.15) is 16.8 Å². The monoisotopic (exact) mass is 355 g/mol. The van der Waals surface area contributed by atoms with Gasteiger partial charge in [-0.25, -0.2) is 4.31 Å². The number of β-lactam (4-membered cyclic amide) rings is 1. The van der Waals surface area contributed by atoms with Crippen molar-refractivity contribution in [1.29, 1.82) is 0 Å². The van der Waals surface area contributed by atoms with Gasteiger partial charge in [-0.15, -0.1) is 0 Å². The van der Waals surface area contributed by atoms with E-state index in [-0.39, 0.29) is 25.4 Å². The molecule has 2 saturated heterocycles. The summed E-state index contributed by atoms with van der Waals surface area (Å²) < 4.78 is 33.2. The van der Waals surface area contributed by atoms with Crippen LogP contribution in [0.25, 0.3) is 0 Å². The summed E-state index contributed by atoms with van der Waals surface area (Å²) in [5, 5.41) is 0. The first-order valence-electron chi connectivity index (χ1n) is 7.09. The standard InChI is InChI=1S/C13H14N4O6S/c14-12(19)8-1-4-15(5-2-8)7-10(18)16-6-3-9-11(16)13(20)17(9)24(21,22)23/h1-2,4-5,9,11H,3,6-7H2,(H2-,14,19,21,22,23)/p+1/t9-,11+/m1/s1. The first-order valence-corrected chi connectivity index (χ1v) is 8.49. The molecule has 3 heterocycles. The smallest absolute Gasteiger partial charge is 0.362 e. The van der Waals surface area contributed by atoms with Crippen LogP contribution in [0, 0.1) is 0 Å². The van der Waals surface area contributed by atoms with E-state index in [0.717, 1.165) is 0 Å². The minimum atomic E-state index is -4.59. The fourth-order valence-electron chi connectivity index (χ4n) is 3.07. The molecule has 0 saturated carbocycles. The lowest BCUT2D eigenvalue weighted by atomic mass is 10.0. The van der Waals surface area contributed by atoms with E-state index in [1.165, 1.54) is 34.0 Å². The lowest BCUT2D eigenvalue weighted by Crippen LogP contribution is -2.68. The minimum absolute atomic E-state index is 0.0680. The summed E-state index contributed by atoms with van der Waals surface area (Å²) in [6.45, 7) is 0.160. The van der Waals surface area contributed by atoms with Gasteiger partial charge in [0.1, 0.15) is 6.04 Å². The average Bonchev–Trinajstić information content (AvgIpc) is 2.85. The molecule has 0 bridgehead atoms. The molecule has 10 nitrogen and oxygen atoms in total. The topological polar surface area (TPSA) is 142 Å². The molecule has 2 fully saturated rings. The number of hydrogen-bond acceptors (Lipinski definition) is 5. The Kier molecular flexibility index (Phi) is 3.76. The highest BCUT2D eigenvalue weighted by Crippen LogP contribution is 2.35. The fraction of sp³-hybridized carbons (Fsp3) is 0.385. The molecule has 24 heavy (non-hydrogen) atoms. The predicted octanol–water partition coefficient (Wildman–Crippen LogP) is -2.31. The molecular formula is C13H15N4O6S+. The van der Waals surface area contributed by atoms with Crippen LogP contribution in [0.3, 0.4) is 0 Å². The Bertz CT molecular complexity index is 821. The number of fused-ring (bicyclic) bond motifs is 1. The number of likely N-dealkylation sites (tertiary alicyclic amines) is 1. The molecule has 128 valence electrons. The van der Waals surface area contributed by atoms with Gasteiger partial charge in [0.2, 0.25) is 12.5 Å². The second kappa shape index (κ2) is 5.53. The molecular weight excluding hydrogens is 340 g/mol. The number of nitrogens with two attached hydrogens (primary N) is 1. The Morgan fingerprint density at radius 3 is 2.50 bits per heavy atom. The zero-order valence-corrected chi connectivity index (χ0v) is 13.2. The third-order valence-corrected chi connectivity index (χ3v) is 5.15. The van der Waals surface area contributed by atoms with Gasteiger partial charge in [0.05, 0.1) is 11.6 Å². The molecule has 0 unspecified atom stereocenters. The molecule has 3 amide bonds.